The lowest BCUT2D eigenvalue weighted by molar-refractivity contribution is -0.117. The zero-order chi connectivity index (χ0) is 27.6. The summed E-state index contributed by atoms with van der Waals surface area (Å²) in [6, 6.07) is 25.0. The highest BCUT2D eigenvalue weighted by atomic mass is 19.1. The second-order valence-electron chi connectivity index (χ2n) is 9.60. The Morgan fingerprint density at radius 3 is 2.26 bits per heavy atom. The van der Waals surface area contributed by atoms with E-state index in [0.29, 0.717) is 29.3 Å². The molecule has 0 aliphatic heterocycles. The van der Waals surface area contributed by atoms with E-state index in [2.05, 4.69) is 24.3 Å². The number of nitrogens with one attached hydrogen (secondary N) is 1. The second kappa shape index (κ2) is 13.5. The van der Waals surface area contributed by atoms with E-state index in [1.165, 1.54) is 17.7 Å². The van der Waals surface area contributed by atoms with Crippen molar-refractivity contribution in [2.45, 2.75) is 46.0 Å². The van der Waals surface area contributed by atoms with E-state index in [-0.39, 0.29) is 24.2 Å². The normalized spacial score (nSPS) is 10.8. The Morgan fingerprint density at radius 1 is 0.897 bits per heavy atom. The van der Waals surface area contributed by atoms with Crippen LogP contribution in [0.4, 0.5) is 10.2 Å². The van der Waals surface area contributed by atoms with Crippen molar-refractivity contribution in [2.24, 2.45) is 0 Å². The van der Waals surface area contributed by atoms with Gasteiger partial charge in [-0.25, -0.2) is 9.07 Å². The van der Waals surface area contributed by atoms with Crippen molar-refractivity contribution in [1.82, 2.24) is 14.7 Å². The minimum Gasteiger partial charge on any atom is -0.329 e. The first-order valence-electron chi connectivity index (χ1n) is 13.6. The van der Waals surface area contributed by atoms with E-state index >= 15 is 0 Å². The molecule has 7 heteroatoms. The van der Waals surface area contributed by atoms with Crippen molar-refractivity contribution in [3.8, 4) is 16.9 Å². The number of aromatic nitrogens is 2. The van der Waals surface area contributed by atoms with Gasteiger partial charge in [-0.2, -0.15) is 5.10 Å². The Morgan fingerprint density at radius 2 is 1.59 bits per heavy atom. The molecule has 1 aromatic heterocycles. The maximum Gasteiger partial charge on any atom is 0.254 e. The standard InChI is InChI=1S/C32H35FN4O2/c1-3-5-10-24-13-15-26(16-14-24)32(39)36(21-6-4-2)23-31(38)34-30-22-29(25-11-8-7-9-12-25)35-37(30)28-19-17-27(33)18-20-28/h7-9,11-20,22H,3-6,10,21,23H2,1-2H3,(H,34,38). The van der Waals surface area contributed by atoms with E-state index in [1.807, 2.05) is 54.6 Å². The quantitative estimate of drug-likeness (QED) is 0.218. The molecule has 0 fully saturated rings. The minimum atomic E-state index is -0.358. The Hall–Kier alpha value is -4.26. The number of anilines is 1. The average molecular weight is 527 g/mol. The van der Waals surface area contributed by atoms with E-state index in [0.717, 1.165) is 37.7 Å². The molecule has 0 aliphatic carbocycles. The molecule has 0 spiro atoms. The molecule has 0 radical (unpaired) electrons. The summed E-state index contributed by atoms with van der Waals surface area (Å²) in [6.45, 7) is 4.60. The van der Waals surface area contributed by atoms with Crippen molar-refractivity contribution < 1.29 is 14.0 Å². The SMILES string of the molecule is CCCCc1ccc(C(=O)N(CCCC)CC(=O)Nc2cc(-c3ccccc3)nn2-c2ccc(F)cc2)cc1. The molecule has 0 unspecified atom stereocenters. The van der Waals surface area contributed by atoms with Gasteiger partial charge in [0.25, 0.3) is 5.91 Å². The molecule has 202 valence electrons. The van der Waals surface area contributed by atoms with Crippen LogP contribution in [-0.4, -0.2) is 39.6 Å². The van der Waals surface area contributed by atoms with E-state index < -0.39 is 0 Å². The summed E-state index contributed by atoms with van der Waals surface area (Å²) in [5.41, 5.74) is 3.93. The highest BCUT2D eigenvalue weighted by Crippen LogP contribution is 2.25. The van der Waals surface area contributed by atoms with Gasteiger partial charge in [0.2, 0.25) is 5.91 Å². The van der Waals surface area contributed by atoms with Crippen LogP contribution in [0, 0.1) is 5.82 Å². The summed E-state index contributed by atoms with van der Waals surface area (Å²) < 4.78 is 15.2. The van der Waals surface area contributed by atoms with Gasteiger partial charge in [-0.3, -0.25) is 9.59 Å². The van der Waals surface area contributed by atoms with Crippen molar-refractivity contribution in [3.63, 3.8) is 0 Å². The van der Waals surface area contributed by atoms with Crippen LogP contribution in [0.2, 0.25) is 0 Å². The van der Waals surface area contributed by atoms with Gasteiger partial charge in [-0.15, -0.1) is 0 Å². The molecule has 0 atom stereocenters. The van der Waals surface area contributed by atoms with Gasteiger partial charge in [-0.1, -0.05) is 69.2 Å². The van der Waals surface area contributed by atoms with Crippen LogP contribution in [0.15, 0.2) is 84.9 Å². The predicted molar refractivity (Wildman–Crippen MR) is 153 cm³/mol. The van der Waals surface area contributed by atoms with Gasteiger partial charge >= 0.3 is 0 Å². The number of nitrogens with zero attached hydrogens (tertiary/aromatic N) is 3. The first-order valence-corrected chi connectivity index (χ1v) is 13.6. The average Bonchev–Trinajstić information content (AvgIpc) is 3.38. The molecule has 0 saturated carbocycles. The van der Waals surface area contributed by atoms with Crippen LogP contribution >= 0.6 is 0 Å². The van der Waals surface area contributed by atoms with Gasteiger partial charge in [0.1, 0.15) is 18.2 Å². The molecule has 6 nitrogen and oxygen atoms in total. The molecule has 39 heavy (non-hydrogen) atoms. The molecular formula is C32H35FN4O2. The van der Waals surface area contributed by atoms with Crippen LogP contribution in [0.3, 0.4) is 0 Å². The number of halogens is 1. The van der Waals surface area contributed by atoms with Crippen molar-refractivity contribution in [2.75, 3.05) is 18.4 Å². The Kier molecular flexibility index (Phi) is 9.62. The van der Waals surface area contributed by atoms with Crippen molar-refractivity contribution in [1.29, 1.82) is 0 Å². The van der Waals surface area contributed by atoms with Crippen LogP contribution < -0.4 is 5.32 Å². The zero-order valence-electron chi connectivity index (χ0n) is 22.6. The highest BCUT2D eigenvalue weighted by Gasteiger charge is 2.20. The monoisotopic (exact) mass is 526 g/mol. The third-order valence-corrected chi connectivity index (χ3v) is 6.54. The van der Waals surface area contributed by atoms with Gasteiger partial charge in [0.05, 0.1) is 11.4 Å². The summed E-state index contributed by atoms with van der Waals surface area (Å²) in [6.07, 6.45) is 4.90. The minimum absolute atomic E-state index is 0.0916. The fraction of sp³-hybridized carbons (Fsp3) is 0.281. The molecule has 0 aliphatic rings. The summed E-state index contributed by atoms with van der Waals surface area (Å²) in [5, 5.41) is 7.61. The number of unbranched alkanes of at least 4 members (excludes halogenated alkanes) is 2. The van der Waals surface area contributed by atoms with Crippen LogP contribution in [0.1, 0.15) is 55.5 Å². The molecule has 0 bridgehead atoms. The lowest BCUT2D eigenvalue weighted by Gasteiger charge is -2.22. The third-order valence-electron chi connectivity index (χ3n) is 6.54. The van der Waals surface area contributed by atoms with Crippen molar-refractivity contribution >= 4 is 17.6 Å². The smallest absolute Gasteiger partial charge is 0.254 e. The number of hydrogen-bond donors (Lipinski definition) is 1. The summed E-state index contributed by atoms with van der Waals surface area (Å²) >= 11 is 0. The molecule has 0 saturated heterocycles. The Labute approximate surface area is 229 Å². The number of carbonyl (C=O) groups excluding carboxylic acids is 2. The van der Waals surface area contributed by atoms with Gasteiger partial charge in [-0.05, 0) is 61.2 Å². The van der Waals surface area contributed by atoms with Crippen molar-refractivity contribution in [3.05, 3.63) is 102 Å². The van der Waals surface area contributed by atoms with E-state index in [9.17, 15) is 14.0 Å². The highest BCUT2D eigenvalue weighted by molar-refractivity contribution is 5.99. The first-order chi connectivity index (χ1) is 19.0. The number of rotatable bonds is 12. The van der Waals surface area contributed by atoms with E-state index in [4.69, 9.17) is 0 Å². The number of hydrogen-bond acceptors (Lipinski definition) is 3. The molecule has 1 N–H and O–H groups in total. The summed E-state index contributed by atoms with van der Waals surface area (Å²) in [4.78, 5) is 28.2. The lowest BCUT2D eigenvalue weighted by Crippen LogP contribution is -2.39. The zero-order valence-corrected chi connectivity index (χ0v) is 22.6. The third kappa shape index (κ3) is 7.41. The first kappa shape index (κ1) is 27.8. The van der Waals surface area contributed by atoms with Crippen LogP contribution in [0.25, 0.3) is 16.9 Å². The number of carbonyl (C=O) groups is 2. The second-order valence-corrected chi connectivity index (χ2v) is 9.60. The maximum atomic E-state index is 13.6. The maximum absolute atomic E-state index is 13.6. The Balaban J connectivity index is 1.55. The predicted octanol–water partition coefficient (Wildman–Crippen LogP) is 6.90. The number of amides is 2. The van der Waals surface area contributed by atoms with Gasteiger partial charge in [0, 0.05) is 23.7 Å². The molecule has 3 aromatic carbocycles. The molecule has 4 aromatic rings. The van der Waals surface area contributed by atoms with Gasteiger partial charge < -0.3 is 10.2 Å². The molecule has 1 heterocycles. The summed E-state index contributed by atoms with van der Waals surface area (Å²) in [5.74, 6) is -0.420. The van der Waals surface area contributed by atoms with Crippen LogP contribution in [-0.2, 0) is 11.2 Å². The largest absolute Gasteiger partial charge is 0.329 e. The fourth-order valence-corrected chi connectivity index (χ4v) is 4.33. The summed E-state index contributed by atoms with van der Waals surface area (Å²) in [7, 11) is 0. The molecule has 4 rings (SSSR count). The Bertz CT molecular complexity index is 1370. The lowest BCUT2D eigenvalue weighted by atomic mass is 10.1. The fourth-order valence-electron chi connectivity index (χ4n) is 4.33. The molecular weight excluding hydrogens is 491 g/mol. The number of aryl methyl sites for hydroxylation is 1. The van der Waals surface area contributed by atoms with Crippen LogP contribution in [0.5, 0.6) is 0 Å². The van der Waals surface area contributed by atoms with Gasteiger partial charge in [0.15, 0.2) is 0 Å². The number of benzene rings is 3. The topological polar surface area (TPSA) is 67.2 Å². The van der Waals surface area contributed by atoms with E-state index in [1.54, 1.807) is 27.8 Å². The molecule has 2 amide bonds.